The first-order valence-electron chi connectivity index (χ1n) is 10.0. The molecule has 2 atom stereocenters. The highest BCUT2D eigenvalue weighted by Gasteiger charge is 2.27. The third kappa shape index (κ3) is 5.29. The number of carbonyl (C=O) groups excluding carboxylic acids is 1. The number of ether oxygens (including phenoxy) is 2. The van der Waals surface area contributed by atoms with Crippen molar-refractivity contribution in [2.75, 3.05) is 20.3 Å². The van der Waals surface area contributed by atoms with E-state index in [0.717, 1.165) is 6.42 Å². The lowest BCUT2D eigenvalue weighted by atomic mass is 9.98. The second-order valence-corrected chi connectivity index (χ2v) is 7.15. The number of fused-ring (bicyclic) bond motifs is 1. The van der Waals surface area contributed by atoms with Crippen LogP contribution < -0.4 is 4.65 Å². The van der Waals surface area contributed by atoms with Crippen LogP contribution in [0.5, 0.6) is 5.75 Å². The number of benzene rings is 2. The Kier molecular flexibility index (Phi) is 7.66. The van der Waals surface area contributed by atoms with Gasteiger partial charge >= 0.3 is 13.6 Å². The van der Waals surface area contributed by atoms with E-state index in [1.165, 1.54) is 19.2 Å². The van der Waals surface area contributed by atoms with Gasteiger partial charge in [-0.3, -0.25) is 0 Å². The van der Waals surface area contributed by atoms with Crippen LogP contribution in [0.15, 0.2) is 48.5 Å². The number of carbonyl (C=O) groups is 1. The molecule has 1 radical (unpaired) electrons. The molecule has 0 bridgehead atoms. The molecule has 2 aromatic carbocycles. The molecule has 1 aliphatic rings. The standard InChI is InChI=1S/C23H26BFNO4/c1-4-28-23(27)21-19(25)13-12-18-11-8-14-29-20(15-17-9-6-5-7-10-17)16(2)26(3)24-30-22(18)21/h5-13,16,20H,4,14-15H2,1-3H3/t16-,20-/m0/s1. The summed E-state index contributed by atoms with van der Waals surface area (Å²) < 4.78 is 31.5. The molecule has 0 aliphatic carbocycles. The third-order valence-electron chi connectivity index (χ3n) is 5.12. The summed E-state index contributed by atoms with van der Waals surface area (Å²) in [4.78, 5) is 14.2. The first-order valence-corrected chi connectivity index (χ1v) is 10.0. The van der Waals surface area contributed by atoms with E-state index in [1.807, 2.05) is 43.1 Å². The minimum Gasteiger partial charge on any atom is -0.547 e. The van der Waals surface area contributed by atoms with E-state index >= 15 is 0 Å². The van der Waals surface area contributed by atoms with E-state index in [2.05, 4.69) is 12.1 Å². The van der Waals surface area contributed by atoms with Gasteiger partial charge in [0.05, 0.1) is 19.3 Å². The summed E-state index contributed by atoms with van der Waals surface area (Å²) in [5, 5.41) is 0. The van der Waals surface area contributed by atoms with Crippen molar-refractivity contribution in [1.29, 1.82) is 0 Å². The predicted molar refractivity (Wildman–Crippen MR) is 115 cm³/mol. The first-order chi connectivity index (χ1) is 14.5. The highest BCUT2D eigenvalue weighted by Crippen LogP contribution is 2.29. The largest absolute Gasteiger partial charge is 0.547 e. The molecule has 1 heterocycles. The van der Waals surface area contributed by atoms with E-state index in [4.69, 9.17) is 14.1 Å². The monoisotopic (exact) mass is 410 g/mol. The lowest BCUT2D eigenvalue weighted by Crippen LogP contribution is -2.45. The Bertz CT molecular complexity index is 890. The van der Waals surface area contributed by atoms with Crippen LogP contribution in [0.4, 0.5) is 4.39 Å². The highest BCUT2D eigenvalue weighted by molar-refractivity contribution is 6.25. The van der Waals surface area contributed by atoms with Crippen molar-refractivity contribution in [3.63, 3.8) is 0 Å². The second kappa shape index (κ2) is 10.4. The van der Waals surface area contributed by atoms with Crippen molar-refractivity contribution in [3.05, 3.63) is 71.0 Å². The van der Waals surface area contributed by atoms with Crippen LogP contribution in [0.25, 0.3) is 6.08 Å². The normalized spacial score (nSPS) is 19.7. The maximum absolute atomic E-state index is 14.5. The Balaban J connectivity index is 1.87. The van der Waals surface area contributed by atoms with Gasteiger partial charge in [-0.05, 0) is 38.6 Å². The first kappa shape index (κ1) is 22.1. The van der Waals surface area contributed by atoms with E-state index in [1.54, 1.807) is 19.1 Å². The summed E-state index contributed by atoms with van der Waals surface area (Å²) in [6.07, 6.45) is 4.25. The quantitative estimate of drug-likeness (QED) is 0.566. The fourth-order valence-electron chi connectivity index (χ4n) is 3.29. The van der Waals surface area contributed by atoms with Crippen LogP contribution in [0.1, 0.15) is 35.3 Å². The summed E-state index contributed by atoms with van der Waals surface area (Å²) >= 11 is 0. The van der Waals surface area contributed by atoms with Crippen molar-refractivity contribution in [2.45, 2.75) is 32.4 Å². The highest BCUT2D eigenvalue weighted by atomic mass is 19.1. The lowest BCUT2D eigenvalue weighted by molar-refractivity contribution is 0.0308. The second-order valence-electron chi connectivity index (χ2n) is 7.15. The average molecular weight is 410 g/mol. The summed E-state index contributed by atoms with van der Waals surface area (Å²) in [7, 11) is 3.35. The number of rotatable bonds is 4. The van der Waals surface area contributed by atoms with Crippen LogP contribution in [0.2, 0.25) is 0 Å². The van der Waals surface area contributed by atoms with Gasteiger partial charge < -0.3 is 18.9 Å². The number of likely N-dealkylation sites (N-methyl/N-ethyl adjacent to an activating group) is 1. The number of esters is 1. The maximum Gasteiger partial charge on any atom is 0.480 e. The van der Waals surface area contributed by atoms with E-state index in [0.29, 0.717) is 12.2 Å². The molecule has 0 N–H and O–H groups in total. The van der Waals surface area contributed by atoms with Crippen LogP contribution in [0, 0.1) is 5.82 Å². The topological polar surface area (TPSA) is 48.0 Å². The van der Waals surface area contributed by atoms with Gasteiger partial charge in [-0.1, -0.05) is 42.5 Å². The Hall–Kier alpha value is -2.64. The molecule has 3 rings (SSSR count). The van der Waals surface area contributed by atoms with E-state index in [9.17, 15) is 9.18 Å². The molecule has 0 aromatic heterocycles. The van der Waals surface area contributed by atoms with E-state index in [-0.39, 0.29) is 30.1 Å². The summed E-state index contributed by atoms with van der Waals surface area (Å²) in [5.41, 5.74) is 1.54. The van der Waals surface area contributed by atoms with Gasteiger partial charge in [0.1, 0.15) is 17.1 Å². The molecule has 0 saturated heterocycles. The van der Waals surface area contributed by atoms with Crippen LogP contribution in [-0.2, 0) is 15.9 Å². The van der Waals surface area contributed by atoms with E-state index < -0.39 is 11.8 Å². The van der Waals surface area contributed by atoms with Gasteiger partial charge in [-0.15, -0.1) is 0 Å². The molecule has 30 heavy (non-hydrogen) atoms. The summed E-state index contributed by atoms with van der Waals surface area (Å²) in [6, 6.07) is 12.9. The Morgan fingerprint density at radius 3 is 2.77 bits per heavy atom. The minimum atomic E-state index is -0.752. The van der Waals surface area contributed by atoms with Crippen molar-refractivity contribution in [1.82, 2.24) is 4.81 Å². The molecule has 0 unspecified atom stereocenters. The number of hydrogen-bond acceptors (Lipinski definition) is 5. The fraction of sp³-hybridized carbons (Fsp3) is 0.348. The predicted octanol–water partition coefficient (Wildman–Crippen LogP) is 3.89. The van der Waals surface area contributed by atoms with Crippen LogP contribution >= 0.6 is 0 Å². The fourth-order valence-corrected chi connectivity index (χ4v) is 3.29. The molecule has 0 amide bonds. The zero-order chi connectivity index (χ0) is 21.5. The third-order valence-corrected chi connectivity index (χ3v) is 5.12. The molecule has 157 valence electrons. The number of halogens is 1. The van der Waals surface area contributed by atoms with Crippen LogP contribution in [-0.4, -0.2) is 50.8 Å². The SMILES string of the molecule is CCOC(=O)c1c(F)ccc2c1O[B]N(C)[C@@H](C)[C@H](Cc1ccccc1)OCC=C2. The van der Waals surface area contributed by atoms with Gasteiger partial charge in [0.2, 0.25) is 0 Å². The number of hydrogen-bond donors (Lipinski definition) is 0. The Morgan fingerprint density at radius 2 is 2.03 bits per heavy atom. The zero-order valence-corrected chi connectivity index (χ0v) is 17.5. The minimum absolute atomic E-state index is 0.0280. The zero-order valence-electron chi connectivity index (χ0n) is 17.5. The molecule has 2 aromatic rings. The van der Waals surface area contributed by atoms with Gasteiger partial charge in [-0.2, -0.15) is 0 Å². The van der Waals surface area contributed by atoms with Gasteiger partial charge in [0.25, 0.3) is 0 Å². The molecule has 5 nitrogen and oxygen atoms in total. The van der Waals surface area contributed by atoms with Crippen molar-refractivity contribution >= 4 is 19.7 Å². The molecule has 1 aliphatic heterocycles. The molecule has 7 heteroatoms. The van der Waals surface area contributed by atoms with Crippen molar-refractivity contribution in [3.8, 4) is 5.75 Å². The Morgan fingerprint density at radius 1 is 1.27 bits per heavy atom. The van der Waals surface area contributed by atoms with Gasteiger partial charge in [0, 0.05) is 18.0 Å². The van der Waals surface area contributed by atoms with Crippen LogP contribution in [0.3, 0.4) is 0 Å². The van der Waals surface area contributed by atoms with Crippen molar-refractivity contribution < 1.29 is 23.3 Å². The molecule has 0 fully saturated rings. The molecule has 0 saturated carbocycles. The lowest BCUT2D eigenvalue weighted by Gasteiger charge is -2.31. The Labute approximate surface area is 177 Å². The average Bonchev–Trinajstić information content (AvgIpc) is 2.77. The smallest absolute Gasteiger partial charge is 0.480 e. The number of nitrogens with zero attached hydrogens (tertiary/aromatic N) is 1. The maximum atomic E-state index is 14.5. The molecular formula is C23H26BFNO4. The molecule has 0 spiro atoms. The van der Waals surface area contributed by atoms with Gasteiger partial charge in [-0.25, -0.2) is 9.18 Å². The summed E-state index contributed by atoms with van der Waals surface area (Å²) in [6.45, 7) is 4.23. The van der Waals surface area contributed by atoms with Crippen molar-refractivity contribution in [2.24, 2.45) is 0 Å². The summed E-state index contributed by atoms with van der Waals surface area (Å²) in [5.74, 6) is -1.31. The molecular weight excluding hydrogens is 384 g/mol. The van der Waals surface area contributed by atoms with Gasteiger partial charge in [0.15, 0.2) is 0 Å².